The Hall–Kier alpha value is -3.33. The first-order valence-corrected chi connectivity index (χ1v) is 10.3. The molecule has 0 radical (unpaired) electrons. The van der Waals surface area contributed by atoms with Gasteiger partial charge in [0.05, 0.1) is 11.2 Å². The predicted molar refractivity (Wildman–Crippen MR) is 128 cm³/mol. The summed E-state index contributed by atoms with van der Waals surface area (Å²) in [7, 11) is 2.15. The number of para-hydroxylation sites is 1. The fourth-order valence-electron chi connectivity index (χ4n) is 3.80. The summed E-state index contributed by atoms with van der Waals surface area (Å²) < 4.78 is 5.97. The number of likely N-dealkylation sites (N-methyl/N-ethyl adjacent to an activating group) is 1. The van der Waals surface area contributed by atoms with Crippen LogP contribution in [0.2, 0.25) is 0 Å². The van der Waals surface area contributed by atoms with Gasteiger partial charge in [0.25, 0.3) is 0 Å². The average molecular weight is 397 g/mol. The maximum atomic E-state index is 5.97. The largest absolute Gasteiger partial charge is 0.457 e. The molecule has 1 aliphatic rings. The van der Waals surface area contributed by atoms with Crippen molar-refractivity contribution in [2.75, 3.05) is 11.9 Å². The maximum Gasteiger partial charge on any atom is 0.130 e. The van der Waals surface area contributed by atoms with E-state index in [2.05, 4.69) is 62.0 Å². The molecule has 0 aliphatic carbocycles. The van der Waals surface area contributed by atoms with Gasteiger partial charge in [0.1, 0.15) is 11.5 Å². The van der Waals surface area contributed by atoms with Crippen LogP contribution in [0.1, 0.15) is 37.5 Å². The van der Waals surface area contributed by atoms with Crippen LogP contribution in [0.4, 0.5) is 11.4 Å². The molecule has 0 atom stereocenters. The molecule has 3 aromatic rings. The Morgan fingerprint density at radius 2 is 1.67 bits per heavy atom. The molecular weight excluding hydrogens is 368 g/mol. The van der Waals surface area contributed by atoms with Gasteiger partial charge in [-0.3, -0.25) is 4.99 Å². The molecule has 0 aromatic heterocycles. The molecule has 1 aliphatic heterocycles. The van der Waals surface area contributed by atoms with Gasteiger partial charge < -0.3 is 9.64 Å². The molecule has 0 fully saturated rings. The van der Waals surface area contributed by atoms with E-state index in [1.54, 1.807) is 0 Å². The van der Waals surface area contributed by atoms with Crippen molar-refractivity contribution in [1.29, 1.82) is 0 Å². The first kappa shape index (κ1) is 20.0. The molecule has 3 nitrogen and oxygen atoms in total. The van der Waals surface area contributed by atoms with E-state index in [1.165, 1.54) is 16.8 Å². The van der Waals surface area contributed by atoms with Crippen molar-refractivity contribution in [2.24, 2.45) is 4.99 Å². The van der Waals surface area contributed by atoms with Crippen molar-refractivity contribution in [1.82, 2.24) is 0 Å². The number of anilines is 1. The van der Waals surface area contributed by atoms with E-state index in [9.17, 15) is 0 Å². The highest BCUT2D eigenvalue weighted by Crippen LogP contribution is 2.38. The number of ether oxygens (including phenoxy) is 1. The van der Waals surface area contributed by atoms with E-state index in [-0.39, 0.29) is 5.54 Å². The highest BCUT2D eigenvalue weighted by Gasteiger charge is 2.28. The number of fused-ring (bicyclic) bond motifs is 1. The summed E-state index contributed by atoms with van der Waals surface area (Å²) in [6, 6.07) is 22.4. The van der Waals surface area contributed by atoms with Gasteiger partial charge in [0, 0.05) is 24.5 Å². The van der Waals surface area contributed by atoms with Crippen molar-refractivity contribution >= 4 is 23.2 Å². The van der Waals surface area contributed by atoms with E-state index >= 15 is 0 Å². The second-order valence-electron chi connectivity index (χ2n) is 8.44. The third-order valence-electron chi connectivity index (χ3n) is 5.76. The molecule has 4 rings (SSSR count). The fourth-order valence-corrected chi connectivity index (χ4v) is 3.80. The van der Waals surface area contributed by atoms with Crippen LogP contribution >= 0.6 is 0 Å². The lowest BCUT2D eigenvalue weighted by Crippen LogP contribution is -2.42. The molecule has 3 heteroatoms. The smallest absolute Gasteiger partial charge is 0.130 e. The highest BCUT2D eigenvalue weighted by atomic mass is 16.5. The highest BCUT2D eigenvalue weighted by molar-refractivity contribution is 5.88. The molecule has 0 bridgehead atoms. The molecule has 0 unspecified atom stereocenters. The van der Waals surface area contributed by atoms with Gasteiger partial charge in [-0.05, 0) is 86.9 Å². The summed E-state index contributed by atoms with van der Waals surface area (Å²) in [4.78, 5) is 6.97. The lowest BCUT2D eigenvalue weighted by Gasteiger charge is -2.40. The van der Waals surface area contributed by atoms with E-state index in [0.29, 0.717) is 0 Å². The fraction of sp³-hybridized carbons (Fsp3) is 0.222. The van der Waals surface area contributed by atoms with Crippen LogP contribution in [0.5, 0.6) is 11.5 Å². The van der Waals surface area contributed by atoms with E-state index in [4.69, 9.17) is 4.74 Å². The quantitative estimate of drug-likeness (QED) is 0.437. The summed E-state index contributed by atoms with van der Waals surface area (Å²) in [5.74, 6) is 1.68. The zero-order valence-electron chi connectivity index (χ0n) is 18.3. The topological polar surface area (TPSA) is 24.8 Å². The molecule has 0 saturated carbocycles. The molecular formula is C27H28N2O. The second-order valence-corrected chi connectivity index (χ2v) is 8.44. The Morgan fingerprint density at radius 1 is 0.933 bits per heavy atom. The van der Waals surface area contributed by atoms with Gasteiger partial charge >= 0.3 is 0 Å². The molecule has 30 heavy (non-hydrogen) atoms. The van der Waals surface area contributed by atoms with Crippen LogP contribution in [-0.2, 0) is 0 Å². The summed E-state index contributed by atoms with van der Waals surface area (Å²) in [6.07, 6.45) is 4.24. The zero-order valence-corrected chi connectivity index (χ0v) is 18.3. The number of aryl methyl sites for hydroxylation is 1. The summed E-state index contributed by atoms with van der Waals surface area (Å²) >= 11 is 0. The average Bonchev–Trinajstić information content (AvgIpc) is 2.73. The summed E-state index contributed by atoms with van der Waals surface area (Å²) in [5.41, 5.74) is 6.96. The Bertz CT molecular complexity index is 1120. The number of hydrogen-bond donors (Lipinski definition) is 0. The minimum absolute atomic E-state index is 0.0226. The van der Waals surface area contributed by atoms with Crippen LogP contribution in [0.15, 0.2) is 77.8 Å². The van der Waals surface area contributed by atoms with Crippen LogP contribution < -0.4 is 9.64 Å². The summed E-state index contributed by atoms with van der Waals surface area (Å²) in [6.45, 7) is 8.70. The summed E-state index contributed by atoms with van der Waals surface area (Å²) in [5, 5.41) is 0. The molecule has 0 amide bonds. The Balaban J connectivity index is 1.51. The predicted octanol–water partition coefficient (Wildman–Crippen LogP) is 7.17. The van der Waals surface area contributed by atoms with Gasteiger partial charge in [-0.2, -0.15) is 0 Å². The number of benzene rings is 3. The number of nitrogens with zero attached hydrogens (tertiary/aromatic N) is 2. The number of aliphatic imine (C=N–C) groups is 1. The first-order valence-electron chi connectivity index (χ1n) is 10.3. The molecule has 0 spiro atoms. The Morgan fingerprint density at radius 3 is 2.40 bits per heavy atom. The van der Waals surface area contributed by atoms with Crippen LogP contribution in [-0.4, -0.2) is 18.8 Å². The molecule has 1 heterocycles. The van der Waals surface area contributed by atoms with Crippen LogP contribution in [0.3, 0.4) is 0 Å². The van der Waals surface area contributed by atoms with Gasteiger partial charge in [0.15, 0.2) is 0 Å². The third-order valence-corrected chi connectivity index (χ3v) is 5.76. The van der Waals surface area contributed by atoms with Crippen molar-refractivity contribution < 1.29 is 4.74 Å². The number of hydrogen-bond acceptors (Lipinski definition) is 3. The van der Waals surface area contributed by atoms with Gasteiger partial charge in [0.2, 0.25) is 0 Å². The van der Waals surface area contributed by atoms with E-state index < -0.39 is 0 Å². The van der Waals surface area contributed by atoms with E-state index in [1.807, 2.05) is 61.7 Å². The number of rotatable bonds is 4. The third kappa shape index (κ3) is 4.02. The van der Waals surface area contributed by atoms with Crippen molar-refractivity contribution in [3.63, 3.8) is 0 Å². The Kier molecular flexibility index (Phi) is 5.21. The molecule has 3 aromatic carbocycles. The minimum Gasteiger partial charge on any atom is -0.457 e. The SMILES string of the molecule is CC1=CC(C)(C)N(C)c2ccc(C=Nc3ccc(Oc4ccccc4C)cc3)cc21. The zero-order chi connectivity index (χ0) is 21.3. The first-order chi connectivity index (χ1) is 14.3. The standard InChI is InChI=1S/C27H28N2O/c1-19-8-6-7-9-26(19)30-23-13-11-22(12-14-23)28-18-21-10-15-25-24(16-21)20(2)17-27(3,4)29(25)5/h6-18H,1-5H3. The molecule has 0 N–H and O–H groups in total. The lowest BCUT2D eigenvalue weighted by molar-refractivity contribution is 0.479. The molecule has 0 saturated heterocycles. The maximum absolute atomic E-state index is 5.97. The van der Waals surface area contributed by atoms with Crippen LogP contribution in [0.25, 0.3) is 5.57 Å². The Labute approximate surface area is 179 Å². The lowest BCUT2D eigenvalue weighted by atomic mass is 9.89. The van der Waals surface area contributed by atoms with Gasteiger partial charge in [-0.1, -0.05) is 30.3 Å². The van der Waals surface area contributed by atoms with Crippen molar-refractivity contribution in [2.45, 2.75) is 33.2 Å². The minimum atomic E-state index is 0.0226. The van der Waals surface area contributed by atoms with Crippen molar-refractivity contribution in [3.05, 3.63) is 89.5 Å². The normalized spacial score (nSPS) is 15.1. The van der Waals surface area contributed by atoms with Crippen LogP contribution in [0, 0.1) is 6.92 Å². The number of allylic oxidation sites excluding steroid dienone is 1. The molecule has 152 valence electrons. The van der Waals surface area contributed by atoms with E-state index in [0.717, 1.165) is 28.3 Å². The van der Waals surface area contributed by atoms with Gasteiger partial charge in [-0.25, -0.2) is 0 Å². The monoisotopic (exact) mass is 396 g/mol. The van der Waals surface area contributed by atoms with Crippen molar-refractivity contribution in [3.8, 4) is 11.5 Å². The van der Waals surface area contributed by atoms with Gasteiger partial charge in [-0.15, -0.1) is 0 Å². The second kappa shape index (κ2) is 7.83.